The van der Waals surface area contributed by atoms with Gasteiger partial charge >= 0.3 is 12.0 Å². The third-order valence-electron chi connectivity index (χ3n) is 3.03. The Morgan fingerprint density at radius 3 is 2.83 bits per heavy atom. The van der Waals surface area contributed by atoms with Gasteiger partial charge in [0.2, 0.25) is 0 Å². The number of urea groups is 1. The van der Waals surface area contributed by atoms with Crippen molar-refractivity contribution >= 4 is 17.7 Å². The van der Waals surface area contributed by atoms with E-state index in [1.54, 1.807) is 11.8 Å². The van der Waals surface area contributed by atoms with Crippen molar-refractivity contribution in [3.63, 3.8) is 0 Å². The first-order valence-electron chi connectivity index (χ1n) is 5.87. The Morgan fingerprint density at radius 2 is 2.11 bits per heavy atom. The average Bonchev–Trinajstić information content (AvgIpc) is 2.81. The number of fused-ring (bicyclic) bond motifs is 1. The molecule has 1 aromatic carbocycles. The number of carbonyl (C=O) groups excluding carboxylic acids is 2. The molecule has 0 saturated heterocycles. The number of para-hydroxylation sites is 1. The topological polar surface area (TPSA) is 58.6 Å². The number of esters is 1. The number of benzene rings is 1. The Kier molecular flexibility index (Phi) is 3.50. The Hall–Kier alpha value is -2.04. The lowest BCUT2D eigenvalue weighted by Crippen LogP contribution is -2.46. The fourth-order valence-electron chi connectivity index (χ4n) is 2.05. The van der Waals surface area contributed by atoms with Gasteiger partial charge in [0.25, 0.3) is 0 Å². The molecule has 0 fully saturated rings. The molecular formula is C13H16N2O3. The van der Waals surface area contributed by atoms with E-state index in [-0.39, 0.29) is 6.03 Å². The van der Waals surface area contributed by atoms with Gasteiger partial charge in [-0.1, -0.05) is 18.2 Å². The molecule has 1 aliphatic heterocycles. The number of nitrogens with one attached hydrogen (secondary N) is 1. The summed E-state index contributed by atoms with van der Waals surface area (Å²) in [7, 11) is 1.30. The molecule has 2 amide bonds. The summed E-state index contributed by atoms with van der Waals surface area (Å²) in [6.07, 6.45) is 0.843. The molecular weight excluding hydrogens is 232 g/mol. The maximum Gasteiger partial charge on any atom is 0.328 e. The van der Waals surface area contributed by atoms with Crippen LogP contribution in [-0.4, -0.2) is 31.7 Å². The van der Waals surface area contributed by atoms with E-state index in [9.17, 15) is 9.59 Å². The van der Waals surface area contributed by atoms with Gasteiger partial charge < -0.3 is 10.1 Å². The van der Waals surface area contributed by atoms with Gasteiger partial charge in [0.15, 0.2) is 0 Å². The number of hydrogen-bond acceptors (Lipinski definition) is 3. The molecule has 18 heavy (non-hydrogen) atoms. The molecule has 1 heterocycles. The van der Waals surface area contributed by atoms with Crippen LogP contribution in [0, 0.1) is 0 Å². The highest BCUT2D eigenvalue weighted by atomic mass is 16.5. The quantitative estimate of drug-likeness (QED) is 0.803. The highest BCUT2D eigenvalue weighted by Gasteiger charge is 2.26. The van der Waals surface area contributed by atoms with Crippen molar-refractivity contribution in [1.29, 1.82) is 0 Å². The highest BCUT2D eigenvalue weighted by Crippen LogP contribution is 2.27. The first-order chi connectivity index (χ1) is 8.63. The largest absolute Gasteiger partial charge is 0.467 e. The standard InChI is InChI=1S/C13H16N2O3/c1-9(12(16)18-2)14-13(17)15-8-7-10-5-3-4-6-11(10)15/h3-6,9H,7-8H2,1-2H3,(H,14,17)/t9-/m0/s1. The van der Waals surface area contributed by atoms with E-state index in [0.717, 1.165) is 17.7 Å². The molecule has 1 aliphatic rings. The molecule has 0 unspecified atom stereocenters. The van der Waals surface area contributed by atoms with Crippen LogP contribution in [0.3, 0.4) is 0 Å². The van der Waals surface area contributed by atoms with Crippen molar-refractivity contribution in [3.05, 3.63) is 29.8 Å². The summed E-state index contributed by atoms with van der Waals surface area (Å²) in [6, 6.07) is 6.86. The molecule has 0 bridgehead atoms. The number of methoxy groups -OCH3 is 1. The minimum absolute atomic E-state index is 0.266. The minimum atomic E-state index is -0.643. The summed E-state index contributed by atoms with van der Waals surface area (Å²) in [5.74, 6) is -0.448. The van der Waals surface area contributed by atoms with Gasteiger partial charge in [0, 0.05) is 12.2 Å². The van der Waals surface area contributed by atoms with E-state index in [4.69, 9.17) is 0 Å². The molecule has 1 aromatic rings. The second-order valence-corrected chi connectivity index (χ2v) is 4.22. The molecule has 0 spiro atoms. The minimum Gasteiger partial charge on any atom is -0.467 e. The SMILES string of the molecule is COC(=O)[C@H](C)NC(=O)N1CCc2ccccc21. The number of carbonyl (C=O) groups is 2. The first kappa shape index (κ1) is 12.4. The summed E-state index contributed by atoms with van der Waals surface area (Å²) in [5.41, 5.74) is 2.06. The number of hydrogen-bond donors (Lipinski definition) is 1. The van der Waals surface area contributed by atoms with Crippen molar-refractivity contribution in [2.45, 2.75) is 19.4 Å². The third kappa shape index (κ3) is 2.30. The van der Waals surface area contributed by atoms with E-state index < -0.39 is 12.0 Å². The molecule has 0 saturated carbocycles. The summed E-state index contributed by atoms with van der Waals surface area (Å²) >= 11 is 0. The van der Waals surface area contributed by atoms with E-state index in [1.165, 1.54) is 7.11 Å². The molecule has 1 atom stereocenters. The Labute approximate surface area is 106 Å². The number of ether oxygens (including phenoxy) is 1. The van der Waals surface area contributed by atoms with E-state index in [1.807, 2.05) is 24.3 Å². The van der Waals surface area contributed by atoms with Crippen LogP contribution in [0.2, 0.25) is 0 Å². The fraction of sp³-hybridized carbons (Fsp3) is 0.385. The zero-order chi connectivity index (χ0) is 13.1. The van der Waals surface area contributed by atoms with Crippen molar-refractivity contribution in [1.82, 2.24) is 5.32 Å². The van der Waals surface area contributed by atoms with Crippen LogP contribution < -0.4 is 10.2 Å². The van der Waals surface area contributed by atoms with Crippen molar-refractivity contribution in [2.24, 2.45) is 0 Å². The van der Waals surface area contributed by atoms with Gasteiger partial charge in [0.05, 0.1) is 7.11 Å². The second kappa shape index (κ2) is 5.08. The van der Waals surface area contributed by atoms with Gasteiger partial charge in [-0.25, -0.2) is 9.59 Å². The lowest BCUT2D eigenvalue weighted by Gasteiger charge is -2.20. The maximum absolute atomic E-state index is 12.0. The fourth-order valence-corrected chi connectivity index (χ4v) is 2.05. The molecule has 96 valence electrons. The van der Waals surface area contributed by atoms with Crippen LogP contribution in [0.5, 0.6) is 0 Å². The Morgan fingerprint density at radius 1 is 1.39 bits per heavy atom. The molecule has 0 aliphatic carbocycles. The summed E-state index contributed by atoms with van der Waals surface area (Å²) in [5, 5.41) is 2.63. The second-order valence-electron chi connectivity index (χ2n) is 4.22. The van der Waals surface area contributed by atoms with Gasteiger partial charge in [-0.15, -0.1) is 0 Å². The zero-order valence-electron chi connectivity index (χ0n) is 10.5. The Bertz CT molecular complexity index is 473. The summed E-state index contributed by atoms with van der Waals surface area (Å²) in [4.78, 5) is 24.9. The smallest absolute Gasteiger partial charge is 0.328 e. The van der Waals surface area contributed by atoms with Crippen molar-refractivity contribution in [2.75, 3.05) is 18.6 Å². The molecule has 5 heteroatoms. The van der Waals surface area contributed by atoms with Gasteiger partial charge in [-0.2, -0.15) is 0 Å². The average molecular weight is 248 g/mol. The Balaban J connectivity index is 2.06. The van der Waals surface area contributed by atoms with Gasteiger partial charge in [-0.05, 0) is 25.0 Å². The predicted molar refractivity (Wildman–Crippen MR) is 67.5 cm³/mol. The molecule has 1 N–H and O–H groups in total. The van der Waals surface area contributed by atoms with Crippen LogP contribution in [0.1, 0.15) is 12.5 Å². The van der Waals surface area contributed by atoms with E-state index >= 15 is 0 Å². The van der Waals surface area contributed by atoms with Crippen LogP contribution in [0.4, 0.5) is 10.5 Å². The van der Waals surface area contributed by atoms with Crippen LogP contribution in [0.15, 0.2) is 24.3 Å². The molecule has 0 radical (unpaired) electrons. The van der Waals surface area contributed by atoms with Crippen molar-refractivity contribution < 1.29 is 14.3 Å². The van der Waals surface area contributed by atoms with Crippen LogP contribution in [-0.2, 0) is 16.0 Å². The summed E-state index contributed by atoms with van der Waals surface area (Å²) in [6.45, 7) is 2.24. The first-order valence-corrected chi connectivity index (χ1v) is 5.87. The zero-order valence-corrected chi connectivity index (χ0v) is 10.5. The van der Waals surface area contributed by atoms with Crippen LogP contribution in [0.25, 0.3) is 0 Å². The van der Waals surface area contributed by atoms with Gasteiger partial charge in [-0.3, -0.25) is 4.90 Å². The van der Waals surface area contributed by atoms with E-state index in [0.29, 0.717) is 6.54 Å². The monoisotopic (exact) mass is 248 g/mol. The number of nitrogens with zero attached hydrogens (tertiary/aromatic N) is 1. The lowest BCUT2D eigenvalue weighted by atomic mass is 10.2. The predicted octanol–water partition coefficient (Wildman–Crippen LogP) is 1.32. The van der Waals surface area contributed by atoms with Gasteiger partial charge in [0.1, 0.15) is 6.04 Å². The normalized spacial score (nSPS) is 14.9. The van der Waals surface area contributed by atoms with Crippen LogP contribution >= 0.6 is 0 Å². The molecule has 0 aromatic heterocycles. The number of rotatable bonds is 2. The van der Waals surface area contributed by atoms with Crippen molar-refractivity contribution in [3.8, 4) is 0 Å². The third-order valence-corrected chi connectivity index (χ3v) is 3.03. The number of anilines is 1. The molecule has 5 nitrogen and oxygen atoms in total. The maximum atomic E-state index is 12.0. The molecule has 2 rings (SSSR count). The number of amides is 2. The van der Waals surface area contributed by atoms with E-state index in [2.05, 4.69) is 10.1 Å². The summed E-state index contributed by atoms with van der Waals surface area (Å²) < 4.78 is 4.57. The highest BCUT2D eigenvalue weighted by molar-refractivity contribution is 5.96. The lowest BCUT2D eigenvalue weighted by molar-refractivity contribution is -0.142.